The van der Waals surface area contributed by atoms with Crippen LogP contribution in [0.3, 0.4) is 0 Å². The van der Waals surface area contributed by atoms with E-state index in [4.69, 9.17) is 5.73 Å². The molecule has 1 saturated heterocycles. The highest BCUT2D eigenvalue weighted by molar-refractivity contribution is 5.99. The minimum absolute atomic E-state index is 0.0933. The molecule has 0 saturated carbocycles. The van der Waals surface area contributed by atoms with Gasteiger partial charge in [0.1, 0.15) is 11.8 Å². The zero-order chi connectivity index (χ0) is 13.1. The minimum atomic E-state index is -0.675. The molecule has 18 heavy (non-hydrogen) atoms. The van der Waals surface area contributed by atoms with Gasteiger partial charge in [0, 0.05) is 19.6 Å². The summed E-state index contributed by atoms with van der Waals surface area (Å²) in [4.78, 5) is 25.0. The van der Waals surface area contributed by atoms with Crippen molar-refractivity contribution in [3.05, 3.63) is 29.8 Å². The fourth-order valence-electron chi connectivity index (χ4n) is 2.01. The van der Waals surface area contributed by atoms with Gasteiger partial charge in [0.25, 0.3) is 5.91 Å². The highest BCUT2D eigenvalue weighted by atomic mass is 16.3. The second kappa shape index (κ2) is 5.05. The maximum absolute atomic E-state index is 12.3. The van der Waals surface area contributed by atoms with Gasteiger partial charge in [-0.25, -0.2) is 0 Å². The summed E-state index contributed by atoms with van der Waals surface area (Å²) in [6.07, 6.45) is 0. The van der Waals surface area contributed by atoms with E-state index in [1.165, 1.54) is 17.0 Å². The summed E-state index contributed by atoms with van der Waals surface area (Å²) in [7, 11) is 0. The molecule has 1 aliphatic rings. The van der Waals surface area contributed by atoms with Gasteiger partial charge in [0.05, 0.1) is 5.56 Å². The summed E-state index contributed by atoms with van der Waals surface area (Å²) in [5, 5.41) is 12.7. The molecule has 0 aliphatic carbocycles. The summed E-state index contributed by atoms with van der Waals surface area (Å²) in [5.41, 5.74) is 5.46. The van der Waals surface area contributed by atoms with Crippen LogP contribution in [0.15, 0.2) is 24.3 Å². The van der Waals surface area contributed by atoms with Crippen LogP contribution in [-0.4, -0.2) is 47.5 Å². The second-order valence-corrected chi connectivity index (χ2v) is 4.14. The van der Waals surface area contributed by atoms with Gasteiger partial charge in [0.15, 0.2) is 0 Å². The van der Waals surface area contributed by atoms with E-state index in [2.05, 4.69) is 5.32 Å². The Bertz CT molecular complexity index is 475. The van der Waals surface area contributed by atoms with Gasteiger partial charge >= 0.3 is 0 Å². The molecule has 0 aromatic heterocycles. The van der Waals surface area contributed by atoms with Gasteiger partial charge in [-0.1, -0.05) is 12.1 Å². The Labute approximate surface area is 104 Å². The van der Waals surface area contributed by atoms with Crippen molar-refractivity contribution in [2.24, 2.45) is 5.73 Å². The lowest BCUT2D eigenvalue weighted by Crippen LogP contribution is -2.58. The van der Waals surface area contributed by atoms with Gasteiger partial charge in [-0.05, 0) is 12.1 Å². The molecular weight excluding hydrogens is 234 g/mol. The smallest absolute Gasteiger partial charge is 0.258 e. The molecule has 0 bridgehead atoms. The highest BCUT2D eigenvalue weighted by Crippen LogP contribution is 2.19. The van der Waals surface area contributed by atoms with Crippen LogP contribution in [0.25, 0.3) is 0 Å². The lowest BCUT2D eigenvalue weighted by Gasteiger charge is -2.34. The van der Waals surface area contributed by atoms with Gasteiger partial charge in [0.2, 0.25) is 5.91 Å². The first-order chi connectivity index (χ1) is 8.61. The summed E-state index contributed by atoms with van der Waals surface area (Å²) in [6.45, 7) is 1.33. The number of carbonyl (C=O) groups is 2. The fourth-order valence-corrected chi connectivity index (χ4v) is 2.01. The number of phenolic OH excluding ortho intramolecular Hbond substituents is 1. The average Bonchev–Trinajstić information content (AvgIpc) is 2.38. The Morgan fingerprint density at radius 2 is 2.11 bits per heavy atom. The Balaban J connectivity index is 2.27. The highest BCUT2D eigenvalue weighted by Gasteiger charge is 2.31. The summed E-state index contributed by atoms with van der Waals surface area (Å²) < 4.78 is 0. The number of nitrogens with one attached hydrogen (secondary N) is 1. The first kappa shape index (κ1) is 12.4. The van der Waals surface area contributed by atoms with Crippen LogP contribution in [0.5, 0.6) is 5.75 Å². The molecule has 0 spiro atoms. The van der Waals surface area contributed by atoms with Crippen LogP contribution >= 0.6 is 0 Å². The van der Waals surface area contributed by atoms with Crippen molar-refractivity contribution in [2.75, 3.05) is 19.6 Å². The fraction of sp³-hybridized carbons (Fsp3) is 0.333. The van der Waals surface area contributed by atoms with Crippen molar-refractivity contribution in [1.82, 2.24) is 10.2 Å². The number of benzene rings is 1. The lowest BCUT2D eigenvalue weighted by atomic mass is 10.1. The van der Waals surface area contributed by atoms with Crippen molar-refractivity contribution < 1.29 is 14.7 Å². The predicted molar refractivity (Wildman–Crippen MR) is 65.0 cm³/mol. The molecule has 1 fully saturated rings. The average molecular weight is 249 g/mol. The molecular formula is C12H15N3O3. The predicted octanol–water partition coefficient (Wildman–Crippen LogP) is -0.708. The molecule has 1 aliphatic heterocycles. The number of carbonyl (C=O) groups excluding carboxylic acids is 2. The third kappa shape index (κ3) is 2.28. The zero-order valence-electron chi connectivity index (χ0n) is 9.80. The maximum atomic E-state index is 12.3. The topological polar surface area (TPSA) is 95.7 Å². The molecule has 0 radical (unpaired) electrons. The van der Waals surface area contributed by atoms with E-state index in [-0.39, 0.29) is 17.2 Å². The normalized spacial score (nSPS) is 19.6. The first-order valence-electron chi connectivity index (χ1n) is 5.70. The molecule has 6 nitrogen and oxygen atoms in total. The Morgan fingerprint density at radius 3 is 2.78 bits per heavy atom. The van der Waals surface area contributed by atoms with Crippen molar-refractivity contribution in [2.45, 2.75) is 6.04 Å². The molecule has 1 heterocycles. The molecule has 1 aromatic carbocycles. The number of hydrogen-bond donors (Lipinski definition) is 3. The van der Waals surface area contributed by atoms with E-state index in [1.54, 1.807) is 12.1 Å². The number of nitrogens with two attached hydrogens (primary N) is 1. The Kier molecular flexibility index (Phi) is 3.47. The monoisotopic (exact) mass is 249 g/mol. The van der Waals surface area contributed by atoms with Crippen LogP contribution in [-0.2, 0) is 4.79 Å². The van der Waals surface area contributed by atoms with Crippen molar-refractivity contribution in [1.29, 1.82) is 0 Å². The third-order valence-corrected chi connectivity index (χ3v) is 2.97. The second-order valence-electron chi connectivity index (χ2n) is 4.14. The van der Waals surface area contributed by atoms with Gasteiger partial charge in [-0.3, -0.25) is 9.59 Å². The van der Waals surface area contributed by atoms with Crippen molar-refractivity contribution in [3.8, 4) is 5.75 Å². The lowest BCUT2D eigenvalue weighted by molar-refractivity contribution is -0.122. The van der Waals surface area contributed by atoms with Crippen LogP contribution < -0.4 is 11.1 Å². The van der Waals surface area contributed by atoms with Crippen LogP contribution in [0.2, 0.25) is 0 Å². The van der Waals surface area contributed by atoms with Crippen LogP contribution in [0.1, 0.15) is 10.4 Å². The van der Waals surface area contributed by atoms with E-state index in [1.807, 2.05) is 0 Å². The molecule has 6 heteroatoms. The zero-order valence-corrected chi connectivity index (χ0v) is 9.80. The number of aromatic hydroxyl groups is 1. The van der Waals surface area contributed by atoms with E-state index in [0.29, 0.717) is 19.6 Å². The summed E-state index contributed by atoms with van der Waals surface area (Å²) in [6, 6.07) is 5.59. The molecule has 96 valence electrons. The quantitative estimate of drug-likeness (QED) is 0.645. The molecule has 1 aromatic rings. The maximum Gasteiger partial charge on any atom is 0.258 e. The number of nitrogens with zero attached hydrogens (tertiary/aromatic N) is 1. The van der Waals surface area contributed by atoms with E-state index in [0.717, 1.165) is 0 Å². The summed E-state index contributed by atoms with van der Waals surface area (Å²) in [5.74, 6) is -1.02. The van der Waals surface area contributed by atoms with E-state index >= 15 is 0 Å². The largest absolute Gasteiger partial charge is 0.507 e. The number of phenols is 1. The Morgan fingerprint density at radius 1 is 1.39 bits per heavy atom. The minimum Gasteiger partial charge on any atom is -0.507 e. The van der Waals surface area contributed by atoms with Crippen LogP contribution in [0, 0.1) is 0 Å². The number of para-hydroxylation sites is 1. The molecule has 2 rings (SSSR count). The standard InChI is InChI=1S/C12H15N3O3/c13-11(17)9-7-14-5-6-15(9)12(18)8-3-1-2-4-10(8)16/h1-4,9,14,16H,5-7H2,(H2,13,17). The van der Waals surface area contributed by atoms with Gasteiger partial charge in [-0.15, -0.1) is 0 Å². The Hall–Kier alpha value is -2.08. The molecule has 2 amide bonds. The number of piperazine rings is 1. The SMILES string of the molecule is NC(=O)C1CNCCN1C(=O)c1ccccc1O. The van der Waals surface area contributed by atoms with Crippen molar-refractivity contribution >= 4 is 11.8 Å². The van der Waals surface area contributed by atoms with Crippen molar-refractivity contribution in [3.63, 3.8) is 0 Å². The molecule has 4 N–H and O–H groups in total. The van der Waals surface area contributed by atoms with Gasteiger partial charge < -0.3 is 21.1 Å². The molecule has 1 atom stereocenters. The summed E-state index contributed by atoms with van der Waals surface area (Å²) >= 11 is 0. The number of primary amides is 1. The van der Waals surface area contributed by atoms with Gasteiger partial charge in [-0.2, -0.15) is 0 Å². The third-order valence-electron chi connectivity index (χ3n) is 2.97. The van der Waals surface area contributed by atoms with E-state index in [9.17, 15) is 14.7 Å². The molecule has 1 unspecified atom stereocenters. The number of hydrogen-bond acceptors (Lipinski definition) is 4. The van der Waals surface area contributed by atoms with Crippen LogP contribution in [0.4, 0.5) is 0 Å². The number of rotatable bonds is 2. The first-order valence-corrected chi connectivity index (χ1v) is 5.70. The van der Waals surface area contributed by atoms with E-state index < -0.39 is 11.9 Å². The number of amides is 2.